The molecule has 1 aromatic carbocycles. The van der Waals surface area contributed by atoms with Gasteiger partial charge >= 0.3 is 0 Å². The summed E-state index contributed by atoms with van der Waals surface area (Å²) in [7, 11) is 5.50. The second-order valence-electron chi connectivity index (χ2n) is 3.17. The van der Waals surface area contributed by atoms with Crippen LogP contribution in [0, 0.1) is 0 Å². The van der Waals surface area contributed by atoms with Gasteiger partial charge in [0.15, 0.2) is 6.79 Å². The normalized spacial score (nSPS) is 9.93. The molecule has 0 saturated heterocycles. The molecule has 0 aliphatic carbocycles. The zero-order valence-corrected chi connectivity index (χ0v) is 8.78. The number of nitrogen functional groups attached to an aromatic ring is 1. The van der Waals surface area contributed by atoms with Gasteiger partial charge in [-0.2, -0.15) is 0 Å². The number of anilines is 2. The van der Waals surface area contributed by atoms with Crippen molar-refractivity contribution in [2.24, 2.45) is 0 Å². The molecular formula is C10H16N2O2. The Morgan fingerprint density at radius 1 is 1.36 bits per heavy atom. The average Bonchev–Trinajstić information content (AvgIpc) is 2.16. The number of nitrogens with zero attached hydrogens (tertiary/aromatic N) is 1. The van der Waals surface area contributed by atoms with E-state index in [4.69, 9.17) is 15.2 Å². The first-order valence-corrected chi connectivity index (χ1v) is 4.33. The highest BCUT2D eigenvalue weighted by Crippen LogP contribution is 2.26. The number of ether oxygens (including phenoxy) is 2. The second-order valence-corrected chi connectivity index (χ2v) is 3.17. The van der Waals surface area contributed by atoms with E-state index in [-0.39, 0.29) is 6.79 Å². The van der Waals surface area contributed by atoms with Gasteiger partial charge in [0.25, 0.3) is 0 Å². The molecule has 0 aliphatic heterocycles. The highest BCUT2D eigenvalue weighted by Gasteiger charge is 2.03. The zero-order valence-electron chi connectivity index (χ0n) is 8.78. The SMILES string of the molecule is COCOc1cc(N(C)C)ccc1N. The Morgan fingerprint density at radius 2 is 2.07 bits per heavy atom. The van der Waals surface area contributed by atoms with E-state index in [0.29, 0.717) is 11.4 Å². The van der Waals surface area contributed by atoms with Gasteiger partial charge < -0.3 is 20.1 Å². The van der Waals surface area contributed by atoms with Gasteiger partial charge in [-0.15, -0.1) is 0 Å². The fraction of sp³-hybridized carbons (Fsp3) is 0.400. The van der Waals surface area contributed by atoms with E-state index in [2.05, 4.69) is 0 Å². The van der Waals surface area contributed by atoms with Gasteiger partial charge in [0.05, 0.1) is 5.69 Å². The van der Waals surface area contributed by atoms with Crippen molar-refractivity contribution in [3.8, 4) is 5.75 Å². The van der Waals surface area contributed by atoms with Crippen LogP contribution < -0.4 is 15.4 Å². The van der Waals surface area contributed by atoms with Gasteiger partial charge in [0.2, 0.25) is 0 Å². The first-order valence-electron chi connectivity index (χ1n) is 4.33. The highest BCUT2D eigenvalue weighted by atomic mass is 16.7. The minimum Gasteiger partial charge on any atom is -0.465 e. The van der Waals surface area contributed by atoms with Crippen LogP contribution in [0.2, 0.25) is 0 Å². The molecule has 0 aromatic heterocycles. The van der Waals surface area contributed by atoms with E-state index in [1.165, 1.54) is 0 Å². The van der Waals surface area contributed by atoms with E-state index >= 15 is 0 Å². The molecular weight excluding hydrogens is 180 g/mol. The number of hydrogen-bond donors (Lipinski definition) is 1. The van der Waals surface area contributed by atoms with Gasteiger partial charge in [0.1, 0.15) is 5.75 Å². The monoisotopic (exact) mass is 196 g/mol. The van der Waals surface area contributed by atoms with E-state index < -0.39 is 0 Å². The lowest BCUT2D eigenvalue weighted by Crippen LogP contribution is -2.09. The van der Waals surface area contributed by atoms with Crippen molar-refractivity contribution >= 4 is 11.4 Å². The number of nitrogens with two attached hydrogens (primary N) is 1. The maximum absolute atomic E-state index is 5.73. The average molecular weight is 196 g/mol. The number of benzene rings is 1. The number of rotatable bonds is 4. The van der Waals surface area contributed by atoms with Crippen LogP contribution >= 0.6 is 0 Å². The molecule has 0 atom stereocenters. The van der Waals surface area contributed by atoms with Gasteiger partial charge in [-0.1, -0.05) is 0 Å². The Balaban J connectivity index is 2.85. The van der Waals surface area contributed by atoms with E-state index in [0.717, 1.165) is 5.69 Å². The Labute approximate surface area is 84.2 Å². The fourth-order valence-corrected chi connectivity index (χ4v) is 1.05. The molecule has 4 heteroatoms. The number of methoxy groups -OCH3 is 1. The first-order chi connectivity index (χ1) is 6.65. The van der Waals surface area contributed by atoms with E-state index in [1.54, 1.807) is 7.11 Å². The fourth-order valence-electron chi connectivity index (χ4n) is 1.05. The van der Waals surface area contributed by atoms with Gasteiger partial charge in [-0.05, 0) is 12.1 Å². The summed E-state index contributed by atoms with van der Waals surface area (Å²) in [6, 6.07) is 5.64. The molecule has 1 rings (SSSR count). The van der Waals surface area contributed by atoms with Crippen LogP contribution in [-0.4, -0.2) is 28.0 Å². The minimum absolute atomic E-state index is 0.209. The third-order valence-electron chi connectivity index (χ3n) is 1.85. The van der Waals surface area contributed by atoms with Crippen molar-refractivity contribution in [3.63, 3.8) is 0 Å². The summed E-state index contributed by atoms with van der Waals surface area (Å²) in [5, 5.41) is 0. The Kier molecular flexibility index (Phi) is 3.59. The summed E-state index contributed by atoms with van der Waals surface area (Å²) in [5.74, 6) is 0.651. The lowest BCUT2D eigenvalue weighted by molar-refractivity contribution is 0.0517. The van der Waals surface area contributed by atoms with Crippen LogP contribution in [0.3, 0.4) is 0 Å². The van der Waals surface area contributed by atoms with Crippen LogP contribution in [0.4, 0.5) is 11.4 Å². The molecule has 0 bridgehead atoms. The molecule has 0 fully saturated rings. The summed E-state index contributed by atoms with van der Waals surface area (Å²) >= 11 is 0. The van der Waals surface area contributed by atoms with Gasteiger partial charge in [0, 0.05) is 33.0 Å². The maximum Gasteiger partial charge on any atom is 0.188 e. The third kappa shape index (κ3) is 2.53. The first kappa shape index (κ1) is 10.7. The van der Waals surface area contributed by atoms with Crippen LogP contribution in [0.25, 0.3) is 0 Å². The Hall–Kier alpha value is -1.42. The highest BCUT2D eigenvalue weighted by molar-refractivity contribution is 5.61. The van der Waals surface area contributed by atoms with Crippen LogP contribution in [0.5, 0.6) is 5.75 Å². The predicted octanol–water partition coefficient (Wildman–Crippen LogP) is 1.32. The van der Waals surface area contributed by atoms with E-state index in [9.17, 15) is 0 Å². The molecule has 14 heavy (non-hydrogen) atoms. The van der Waals surface area contributed by atoms with Gasteiger partial charge in [-0.25, -0.2) is 0 Å². The van der Waals surface area contributed by atoms with Crippen molar-refractivity contribution in [2.45, 2.75) is 0 Å². The molecule has 0 heterocycles. The number of hydrogen-bond acceptors (Lipinski definition) is 4. The second kappa shape index (κ2) is 4.72. The van der Waals surface area contributed by atoms with Crippen molar-refractivity contribution < 1.29 is 9.47 Å². The van der Waals surface area contributed by atoms with E-state index in [1.807, 2.05) is 37.2 Å². The van der Waals surface area contributed by atoms with Crippen LogP contribution in [0.15, 0.2) is 18.2 Å². The molecule has 0 saturated carbocycles. The zero-order chi connectivity index (χ0) is 10.6. The summed E-state index contributed by atoms with van der Waals surface area (Å²) in [6.45, 7) is 0.209. The lowest BCUT2D eigenvalue weighted by atomic mass is 10.2. The molecule has 0 amide bonds. The molecule has 0 aliphatic rings. The van der Waals surface area contributed by atoms with Crippen molar-refractivity contribution in [2.75, 3.05) is 38.6 Å². The van der Waals surface area contributed by atoms with Crippen LogP contribution in [-0.2, 0) is 4.74 Å². The van der Waals surface area contributed by atoms with Gasteiger partial charge in [-0.3, -0.25) is 0 Å². The third-order valence-corrected chi connectivity index (χ3v) is 1.85. The molecule has 78 valence electrons. The molecule has 0 unspecified atom stereocenters. The summed E-state index contributed by atoms with van der Waals surface area (Å²) in [4.78, 5) is 1.99. The molecule has 0 spiro atoms. The molecule has 4 nitrogen and oxygen atoms in total. The Bertz CT molecular complexity index is 300. The van der Waals surface area contributed by atoms with Crippen LogP contribution in [0.1, 0.15) is 0 Å². The topological polar surface area (TPSA) is 47.7 Å². The van der Waals surface area contributed by atoms with Crippen molar-refractivity contribution in [3.05, 3.63) is 18.2 Å². The minimum atomic E-state index is 0.209. The maximum atomic E-state index is 5.73. The lowest BCUT2D eigenvalue weighted by Gasteiger charge is -2.15. The smallest absolute Gasteiger partial charge is 0.188 e. The summed E-state index contributed by atoms with van der Waals surface area (Å²) < 4.78 is 10.1. The summed E-state index contributed by atoms with van der Waals surface area (Å²) in [5.41, 5.74) is 7.40. The van der Waals surface area contributed by atoms with Crippen molar-refractivity contribution in [1.82, 2.24) is 0 Å². The Morgan fingerprint density at radius 3 is 2.64 bits per heavy atom. The largest absolute Gasteiger partial charge is 0.465 e. The molecule has 0 radical (unpaired) electrons. The predicted molar refractivity (Wildman–Crippen MR) is 57.7 cm³/mol. The standard InChI is InChI=1S/C10H16N2O2/c1-12(2)8-4-5-9(11)10(6-8)14-7-13-3/h4-6H,7,11H2,1-3H3. The summed E-state index contributed by atoms with van der Waals surface area (Å²) in [6.07, 6.45) is 0. The molecule has 1 aromatic rings. The quantitative estimate of drug-likeness (QED) is 0.582. The van der Waals surface area contributed by atoms with Crippen molar-refractivity contribution in [1.29, 1.82) is 0 Å². The molecule has 2 N–H and O–H groups in total.